The molecule has 1 aliphatic rings. The van der Waals surface area contributed by atoms with Crippen molar-refractivity contribution < 1.29 is 4.79 Å². The van der Waals surface area contributed by atoms with Crippen LogP contribution in [0.3, 0.4) is 0 Å². The zero-order valence-corrected chi connectivity index (χ0v) is 14.6. The van der Waals surface area contributed by atoms with Gasteiger partial charge in [0.25, 0.3) is 0 Å². The number of likely N-dealkylation sites (N-methyl/N-ethyl adjacent to an activating group) is 1. The summed E-state index contributed by atoms with van der Waals surface area (Å²) in [6, 6.07) is 5.58. The molecule has 0 radical (unpaired) electrons. The van der Waals surface area contributed by atoms with Gasteiger partial charge in [-0.2, -0.15) is 8.73 Å². The van der Waals surface area contributed by atoms with Crippen molar-refractivity contribution >= 4 is 46.7 Å². The molecular weight excluding hydrogens is 322 g/mol. The van der Waals surface area contributed by atoms with E-state index in [4.69, 9.17) is 5.73 Å². The van der Waals surface area contributed by atoms with E-state index in [1.165, 1.54) is 0 Å². The molecule has 0 atom stereocenters. The first-order valence-electron chi connectivity index (χ1n) is 6.81. The number of nitrogens with one attached hydrogen (secondary N) is 1. The Morgan fingerprint density at radius 3 is 2.82 bits per heavy atom. The third kappa shape index (κ3) is 4.88. The van der Waals surface area contributed by atoms with E-state index in [1.54, 1.807) is 0 Å². The summed E-state index contributed by atoms with van der Waals surface area (Å²) < 4.78 is 8.37. The van der Waals surface area contributed by atoms with Gasteiger partial charge >= 0.3 is 0 Å². The quantitative estimate of drug-likeness (QED) is 0.845. The maximum absolute atomic E-state index is 12.1. The van der Waals surface area contributed by atoms with Crippen molar-refractivity contribution in [2.45, 2.75) is 13.8 Å². The first-order valence-corrected chi connectivity index (χ1v) is 7.54. The maximum Gasteiger partial charge on any atom is 0.238 e. The van der Waals surface area contributed by atoms with E-state index in [1.807, 2.05) is 30.1 Å². The molecule has 3 N–H and O–H groups in total. The van der Waals surface area contributed by atoms with Crippen LogP contribution in [0, 0.1) is 5.41 Å². The molecule has 1 heterocycles. The number of benzene rings is 1. The van der Waals surface area contributed by atoms with Gasteiger partial charge in [-0.15, -0.1) is 12.4 Å². The normalized spacial score (nSPS) is 12.6. The Kier molecular flexibility index (Phi) is 6.67. The fourth-order valence-corrected chi connectivity index (χ4v) is 2.74. The number of anilines is 1. The number of hydrogen-bond donors (Lipinski definition) is 2. The SMILES string of the molecule is CN(CC(=O)Nc1cccc2c1N=S=N2)CC(C)(C)CN.Cl. The summed E-state index contributed by atoms with van der Waals surface area (Å²) in [4.78, 5) is 14.1. The number of carbonyl (C=O) groups excluding carboxylic acids is 1. The zero-order chi connectivity index (χ0) is 15.5. The van der Waals surface area contributed by atoms with E-state index >= 15 is 0 Å². The lowest BCUT2D eigenvalue weighted by Crippen LogP contribution is -2.40. The average molecular weight is 344 g/mol. The summed E-state index contributed by atoms with van der Waals surface area (Å²) in [6.07, 6.45) is 0. The second-order valence-electron chi connectivity index (χ2n) is 6.03. The van der Waals surface area contributed by atoms with E-state index < -0.39 is 0 Å². The van der Waals surface area contributed by atoms with Crippen molar-refractivity contribution in [1.29, 1.82) is 0 Å². The number of hydrogen-bond acceptors (Lipinski definition) is 5. The molecule has 1 aromatic rings. The van der Waals surface area contributed by atoms with Crippen LogP contribution in [0.5, 0.6) is 0 Å². The highest BCUT2D eigenvalue weighted by molar-refractivity contribution is 7.58. The van der Waals surface area contributed by atoms with E-state index in [0.29, 0.717) is 18.8 Å². The minimum absolute atomic E-state index is 0. The van der Waals surface area contributed by atoms with Gasteiger partial charge in [0, 0.05) is 6.54 Å². The van der Waals surface area contributed by atoms with Gasteiger partial charge in [-0.05, 0) is 31.1 Å². The van der Waals surface area contributed by atoms with Crippen molar-refractivity contribution in [3.8, 4) is 0 Å². The molecule has 0 saturated heterocycles. The van der Waals surface area contributed by atoms with Crippen molar-refractivity contribution in [3.63, 3.8) is 0 Å². The van der Waals surface area contributed by atoms with E-state index in [2.05, 4.69) is 27.9 Å². The molecular formula is C14H22ClN5OS. The molecule has 1 aromatic carbocycles. The van der Waals surface area contributed by atoms with Gasteiger partial charge in [-0.1, -0.05) is 19.9 Å². The number of halogens is 1. The van der Waals surface area contributed by atoms with Crippen LogP contribution in [-0.2, 0) is 16.1 Å². The molecule has 0 aromatic heterocycles. The average Bonchev–Trinajstić information content (AvgIpc) is 2.87. The Labute approximate surface area is 140 Å². The van der Waals surface area contributed by atoms with Crippen molar-refractivity contribution in [1.82, 2.24) is 4.90 Å². The predicted molar refractivity (Wildman–Crippen MR) is 94.2 cm³/mol. The summed E-state index contributed by atoms with van der Waals surface area (Å²) in [5, 5.41) is 2.90. The van der Waals surface area contributed by atoms with Gasteiger partial charge in [0.1, 0.15) is 11.4 Å². The molecule has 6 nitrogen and oxygen atoms in total. The first-order chi connectivity index (χ1) is 9.91. The van der Waals surface area contributed by atoms with Gasteiger partial charge in [0.2, 0.25) is 5.91 Å². The first kappa shape index (κ1) is 18.8. The Bertz CT molecular complexity index is 613. The maximum atomic E-state index is 12.1. The van der Waals surface area contributed by atoms with Gasteiger partial charge < -0.3 is 11.1 Å². The number of amides is 1. The predicted octanol–water partition coefficient (Wildman–Crippen LogP) is 2.69. The van der Waals surface area contributed by atoms with Crippen molar-refractivity contribution in [3.05, 3.63) is 18.2 Å². The number of fused-ring (bicyclic) bond motifs is 1. The lowest BCUT2D eigenvalue weighted by Gasteiger charge is -2.28. The van der Waals surface area contributed by atoms with Crippen LogP contribution in [0.2, 0.25) is 0 Å². The lowest BCUT2D eigenvalue weighted by atomic mass is 9.93. The highest BCUT2D eigenvalue weighted by Crippen LogP contribution is 2.38. The minimum Gasteiger partial charge on any atom is -0.330 e. The molecule has 8 heteroatoms. The molecule has 22 heavy (non-hydrogen) atoms. The van der Waals surface area contributed by atoms with Crippen molar-refractivity contribution in [2.24, 2.45) is 19.9 Å². The topological polar surface area (TPSA) is 83.1 Å². The molecule has 1 aliphatic heterocycles. The molecule has 0 aliphatic carbocycles. The monoisotopic (exact) mass is 343 g/mol. The molecule has 0 bridgehead atoms. The summed E-state index contributed by atoms with van der Waals surface area (Å²) in [5.41, 5.74) is 7.96. The molecule has 122 valence electrons. The Hall–Kier alpha value is -1.28. The standard InChI is InChI=1S/C14H21N5OS.ClH/c1-14(2,8-15)9-19(3)7-12(20)16-10-5-4-6-11-13(10)18-21-17-11;/h4-6H,7-9,15H2,1-3H3,(H,16,20);1H. The number of rotatable bonds is 6. The molecule has 0 unspecified atom stereocenters. The van der Waals surface area contributed by atoms with Crippen LogP contribution >= 0.6 is 12.4 Å². The summed E-state index contributed by atoms with van der Waals surface area (Å²) >= 11 is 1.14. The molecule has 2 rings (SSSR count). The Balaban J connectivity index is 0.00000242. The minimum atomic E-state index is -0.0641. The Morgan fingerprint density at radius 2 is 2.14 bits per heavy atom. The fourth-order valence-electron chi connectivity index (χ4n) is 2.19. The van der Waals surface area contributed by atoms with Gasteiger partial charge in [0.05, 0.1) is 23.6 Å². The van der Waals surface area contributed by atoms with Gasteiger partial charge in [-0.25, -0.2) is 0 Å². The highest BCUT2D eigenvalue weighted by Gasteiger charge is 2.20. The third-order valence-corrected chi connectivity index (χ3v) is 3.77. The molecule has 0 spiro atoms. The second-order valence-corrected chi connectivity index (χ2v) is 6.55. The summed E-state index contributed by atoms with van der Waals surface area (Å²) in [5.74, 6) is -0.0641. The second kappa shape index (κ2) is 7.82. The van der Waals surface area contributed by atoms with Crippen LogP contribution < -0.4 is 11.1 Å². The molecule has 1 amide bonds. The molecule has 0 fully saturated rings. The van der Waals surface area contributed by atoms with Crippen LogP contribution in [0.1, 0.15) is 13.8 Å². The number of nitrogens with zero attached hydrogens (tertiary/aromatic N) is 3. The number of nitrogens with two attached hydrogens (primary N) is 1. The largest absolute Gasteiger partial charge is 0.330 e. The van der Waals surface area contributed by atoms with Gasteiger partial charge in [0.15, 0.2) is 0 Å². The zero-order valence-electron chi connectivity index (χ0n) is 13.0. The van der Waals surface area contributed by atoms with Crippen LogP contribution in [0.15, 0.2) is 26.9 Å². The van der Waals surface area contributed by atoms with E-state index in [9.17, 15) is 4.79 Å². The number of carbonyl (C=O) groups is 1. The summed E-state index contributed by atoms with van der Waals surface area (Å²) in [7, 11) is 1.92. The Morgan fingerprint density at radius 1 is 1.41 bits per heavy atom. The van der Waals surface area contributed by atoms with Gasteiger partial charge in [-0.3, -0.25) is 9.69 Å². The van der Waals surface area contributed by atoms with Crippen molar-refractivity contribution in [2.75, 3.05) is 32.0 Å². The van der Waals surface area contributed by atoms with Crippen LogP contribution in [-0.4, -0.2) is 37.5 Å². The van der Waals surface area contributed by atoms with E-state index in [0.717, 1.165) is 29.3 Å². The van der Waals surface area contributed by atoms with Crippen LogP contribution in [0.25, 0.3) is 0 Å². The van der Waals surface area contributed by atoms with Crippen LogP contribution in [0.4, 0.5) is 17.1 Å². The van der Waals surface area contributed by atoms with E-state index in [-0.39, 0.29) is 23.7 Å². The summed E-state index contributed by atoms with van der Waals surface area (Å²) in [6.45, 7) is 5.84. The fraction of sp³-hybridized carbons (Fsp3) is 0.500. The lowest BCUT2D eigenvalue weighted by molar-refractivity contribution is -0.117. The highest BCUT2D eigenvalue weighted by atomic mass is 35.5. The third-order valence-electron chi connectivity index (χ3n) is 3.22. The molecule has 0 saturated carbocycles. The smallest absolute Gasteiger partial charge is 0.238 e.